The minimum Gasteiger partial charge on any atom is -0.321 e. The van der Waals surface area contributed by atoms with Gasteiger partial charge in [-0.3, -0.25) is 9.89 Å². The molecule has 2 aromatic carbocycles. The number of hydrogen-bond donors (Lipinski definition) is 2. The van der Waals surface area contributed by atoms with Crippen LogP contribution in [0, 0.1) is 6.92 Å². The van der Waals surface area contributed by atoms with Crippen LogP contribution in [0.3, 0.4) is 0 Å². The molecule has 1 amide bonds. The molecule has 0 atom stereocenters. The molecular formula is C22H17N7OS. The summed E-state index contributed by atoms with van der Waals surface area (Å²) in [6, 6.07) is 17.2. The second kappa shape index (κ2) is 7.96. The molecular weight excluding hydrogens is 410 g/mol. The molecule has 8 nitrogen and oxygen atoms in total. The fourth-order valence-corrected chi connectivity index (χ4v) is 3.84. The van der Waals surface area contributed by atoms with E-state index < -0.39 is 0 Å². The lowest BCUT2D eigenvalue weighted by Crippen LogP contribution is -2.12. The number of H-pyrrole nitrogens is 1. The van der Waals surface area contributed by atoms with Crippen molar-refractivity contribution in [3.63, 3.8) is 0 Å². The summed E-state index contributed by atoms with van der Waals surface area (Å²) in [7, 11) is 0. The second-order valence-corrected chi connectivity index (χ2v) is 7.68. The standard InChI is InChI=1S/C22H17N7OS/c1-14-24-20(28-27-14)15-6-5-7-17(10-15)25-21(30)19-13-31-22(26-19)16-11-23-29(12-16)18-8-3-2-4-9-18/h2-13H,1H3,(H,25,30)(H,24,27,28). The van der Waals surface area contributed by atoms with Gasteiger partial charge in [0, 0.05) is 28.4 Å². The molecule has 9 heteroatoms. The Balaban J connectivity index is 1.32. The Hall–Kier alpha value is -4.11. The van der Waals surface area contributed by atoms with Crippen LogP contribution in [0.5, 0.6) is 0 Å². The Labute approximate surface area is 181 Å². The molecule has 5 rings (SSSR count). The first kappa shape index (κ1) is 18.9. The van der Waals surface area contributed by atoms with E-state index in [9.17, 15) is 4.79 Å². The Morgan fingerprint density at radius 1 is 1.06 bits per heavy atom. The van der Waals surface area contributed by atoms with Gasteiger partial charge >= 0.3 is 0 Å². The van der Waals surface area contributed by atoms with E-state index in [1.54, 1.807) is 16.3 Å². The molecule has 152 valence electrons. The maximum atomic E-state index is 12.7. The van der Waals surface area contributed by atoms with Gasteiger partial charge in [0.25, 0.3) is 5.91 Å². The first-order valence-electron chi connectivity index (χ1n) is 9.52. The number of nitrogens with one attached hydrogen (secondary N) is 2. The van der Waals surface area contributed by atoms with E-state index in [2.05, 4.69) is 30.6 Å². The van der Waals surface area contributed by atoms with Gasteiger partial charge < -0.3 is 5.32 Å². The van der Waals surface area contributed by atoms with Gasteiger partial charge in [-0.05, 0) is 31.2 Å². The van der Waals surface area contributed by atoms with Gasteiger partial charge in [0.15, 0.2) is 5.82 Å². The molecule has 0 unspecified atom stereocenters. The zero-order valence-electron chi connectivity index (χ0n) is 16.5. The Kier molecular flexibility index (Phi) is 4.85. The molecule has 0 aliphatic heterocycles. The van der Waals surface area contributed by atoms with Crippen LogP contribution in [0.4, 0.5) is 5.69 Å². The van der Waals surface area contributed by atoms with Crippen molar-refractivity contribution in [1.82, 2.24) is 29.9 Å². The Morgan fingerprint density at radius 3 is 2.74 bits per heavy atom. The van der Waals surface area contributed by atoms with Crippen LogP contribution < -0.4 is 5.32 Å². The predicted molar refractivity (Wildman–Crippen MR) is 119 cm³/mol. The molecule has 31 heavy (non-hydrogen) atoms. The summed E-state index contributed by atoms with van der Waals surface area (Å²) in [5, 5.41) is 16.7. The summed E-state index contributed by atoms with van der Waals surface area (Å²) in [6.07, 6.45) is 3.65. The van der Waals surface area contributed by atoms with Crippen LogP contribution in [0.15, 0.2) is 72.4 Å². The fraction of sp³-hybridized carbons (Fsp3) is 0.0455. The van der Waals surface area contributed by atoms with E-state index in [1.165, 1.54) is 11.3 Å². The maximum Gasteiger partial charge on any atom is 0.275 e. The lowest BCUT2D eigenvalue weighted by atomic mass is 10.2. The van der Waals surface area contributed by atoms with Crippen molar-refractivity contribution in [3.05, 3.63) is 83.9 Å². The highest BCUT2D eigenvalue weighted by Gasteiger charge is 2.14. The van der Waals surface area contributed by atoms with E-state index in [4.69, 9.17) is 0 Å². The van der Waals surface area contributed by atoms with Crippen LogP contribution >= 0.6 is 11.3 Å². The minimum atomic E-state index is -0.277. The number of benzene rings is 2. The topological polar surface area (TPSA) is 101 Å². The lowest BCUT2D eigenvalue weighted by molar-refractivity contribution is 0.102. The van der Waals surface area contributed by atoms with Crippen LogP contribution in [0.2, 0.25) is 0 Å². The first-order valence-corrected chi connectivity index (χ1v) is 10.4. The number of thiazole rings is 1. The Bertz CT molecular complexity index is 1350. The molecule has 0 aliphatic rings. The van der Waals surface area contributed by atoms with Crippen molar-refractivity contribution in [3.8, 4) is 27.6 Å². The van der Waals surface area contributed by atoms with E-state index in [-0.39, 0.29) is 5.91 Å². The SMILES string of the molecule is Cc1nc(-c2cccc(NC(=O)c3csc(-c4cnn(-c5ccccc5)c4)n3)c2)n[nH]1. The van der Waals surface area contributed by atoms with Crippen LogP contribution in [-0.2, 0) is 0 Å². The number of anilines is 1. The van der Waals surface area contributed by atoms with Crippen molar-refractivity contribution in [2.24, 2.45) is 0 Å². The molecule has 0 spiro atoms. The van der Waals surface area contributed by atoms with Crippen LogP contribution in [0.1, 0.15) is 16.3 Å². The first-order chi connectivity index (χ1) is 15.2. The van der Waals surface area contributed by atoms with Gasteiger partial charge in [-0.2, -0.15) is 10.2 Å². The monoisotopic (exact) mass is 427 g/mol. The van der Waals surface area contributed by atoms with Crippen molar-refractivity contribution in [2.75, 3.05) is 5.32 Å². The van der Waals surface area contributed by atoms with Crippen molar-refractivity contribution < 1.29 is 4.79 Å². The Morgan fingerprint density at radius 2 is 1.94 bits per heavy atom. The van der Waals surface area contributed by atoms with Crippen molar-refractivity contribution in [2.45, 2.75) is 6.92 Å². The molecule has 3 heterocycles. The third kappa shape index (κ3) is 3.99. The lowest BCUT2D eigenvalue weighted by Gasteiger charge is -2.04. The average molecular weight is 427 g/mol. The summed E-state index contributed by atoms with van der Waals surface area (Å²) in [5.74, 6) is 1.04. The number of aromatic nitrogens is 6. The van der Waals surface area contributed by atoms with E-state index in [0.29, 0.717) is 17.2 Å². The third-order valence-electron chi connectivity index (χ3n) is 4.56. The van der Waals surface area contributed by atoms with E-state index in [0.717, 1.165) is 27.6 Å². The number of para-hydroxylation sites is 1. The zero-order valence-corrected chi connectivity index (χ0v) is 17.3. The third-order valence-corrected chi connectivity index (χ3v) is 5.45. The number of hydrogen-bond acceptors (Lipinski definition) is 6. The summed E-state index contributed by atoms with van der Waals surface area (Å²) in [5.41, 5.74) is 3.64. The molecule has 2 N–H and O–H groups in total. The summed E-state index contributed by atoms with van der Waals surface area (Å²) in [6.45, 7) is 1.84. The number of aromatic amines is 1. The van der Waals surface area contributed by atoms with Gasteiger partial charge in [0.05, 0.1) is 11.9 Å². The number of carbonyl (C=O) groups is 1. The quantitative estimate of drug-likeness (QED) is 0.434. The summed E-state index contributed by atoms with van der Waals surface area (Å²) < 4.78 is 1.78. The van der Waals surface area contributed by atoms with Gasteiger partial charge in [-0.25, -0.2) is 14.6 Å². The summed E-state index contributed by atoms with van der Waals surface area (Å²) >= 11 is 1.40. The van der Waals surface area contributed by atoms with E-state index >= 15 is 0 Å². The second-order valence-electron chi connectivity index (χ2n) is 6.83. The highest BCUT2D eigenvalue weighted by Crippen LogP contribution is 2.25. The molecule has 0 saturated heterocycles. The molecule has 3 aromatic heterocycles. The molecule has 0 saturated carbocycles. The molecule has 0 radical (unpaired) electrons. The molecule has 0 fully saturated rings. The van der Waals surface area contributed by atoms with Crippen LogP contribution in [-0.4, -0.2) is 35.9 Å². The van der Waals surface area contributed by atoms with Gasteiger partial charge in [-0.15, -0.1) is 11.3 Å². The molecule has 0 aliphatic carbocycles. The van der Waals surface area contributed by atoms with Gasteiger partial charge in [0.1, 0.15) is 16.5 Å². The number of carbonyl (C=O) groups excluding carboxylic acids is 1. The smallest absolute Gasteiger partial charge is 0.275 e. The zero-order chi connectivity index (χ0) is 21.2. The van der Waals surface area contributed by atoms with Crippen molar-refractivity contribution >= 4 is 22.9 Å². The summed E-state index contributed by atoms with van der Waals surface area (Å²) in [4.78, 5) is 21.5. The number of amides is 1. The molecule has 5 aromatic rings. The van der Waals surface area contributed by atoms with Crippen molar-refractivity contribution in [1.29, 1.82) is 0 Å². The predicted octanol–water partition coefficient (Wildman–Crippen LogP) is 4.34. The highest BCUT2D eigenvalue weighted by atomic mass is 32.1. The van der Waals surface area contributed by atoms with Gasteiger partial charge in [-0.1, -0.05) is 30.3 Å². The largest absolute Gasteiger partial charge is 0.321 e. The number of aryl methyl sites for hydroxylation is 1. The maximum absolute atomic E-state index is 12.7. The molecule has 0 bridgehead atoms. The highest BCUT2D eigenvalue weighted by molar-refractivity contribution is 7.13. The number of nitrogens with zero attached hydrogens (tertiary/aromatic N) is 5. The van der Waals surface area contributed by atoms with Crippen LogP contribution in [0.25, 0.3) is 27.6 Å². The van der Waals surface area contributed by atoms with Gasteiger partial charge in [0.2, 0.25) is 0 Å². The van der Waals surface area contributed by atoms with E-state index in [1.807, 2.05) is 67.7 Å². The minimum absolute atomic E-state index is 0.277. The number of rotatable bonds is 5. The average Bonchev–Trinajstić information content (AvgIpc) is 3.55. The normalized spacial score (nSPS) is 10.9. The fourth-order valence-electron chi connectivity index (χ4n) is 3.07.